The van der Waals surface area contributed by atoms with Gasteiger partial charge >= 0.3 is 0 Å². The summed E-state index contributed by atoms with van der Waals surface area (Å²) in [6.07, 6.45) is 11.7. The van der Waals surface area contributed by atoms with E-state index in [0.717, 1.165) is 55.6 Å². The van der Waals surface area contributed by atoms with E-state index < -0.39 is 0 Å². The van der Waals surface area contributed by atoms with E-state index in [1.807, 2.05) is 0 Å². The highest BCUT2D eigenvalue weighted by molar-refractivity contribution is 5.97. The van der Waals surface area contributed by atoms with Crippen LogP contribution in [0.3, 0.4) is 0 Å². The van der Waals surface area contributed by atoms with Crippen LogP contribution in [-0.2, 0) is 4.79 Å². The standard InChI is InChI=1S/C20H30N2O/c1-13-4-17(12-19(2,3)8-13)21-22-18(23)20-9-14-5-15(10-20)7-16(6-14)11-20/h4,14-16H,5-12H2,1-3H3,(H,22,23). The van der Waals surface area contributed by atoms with Gasteiger partial charge in [-0.15, -0.1) is 0 Å². The Balaban J connectivity index is 1.48. The van der Waals surface area contributed by atoms with Gasteiger partial charge in [0, 0.05) is 0 Å². The third-order valence-corrected chi connectivity index (χ3v) is 6.65. The first-order valence-electron chi connectivity index (χ1n) is 9.38. The van der Waals surface area contributed by atoms with Crippen molar-refractivity contribution in [1.29, 1.82) is 0 Å². The van der Waals surface area contributed by atoms with E-state index in [2.05, 4.69) is 37.4 Å². The largest absolute Gasteiger partial charge is 0.273 e. The quantitative estimate of drug-likeness (QED) is 0.752. The van der Waals surface area contributed by atoms with E-state index in [1.165, 1.54) is 24.8 Å². The van der Waals surface area contributed by atoms with Gasteiger partial charge in [0.2, 0.25) is 5.91 Å². The maximum Gasteiger partial charge on any atom is 0.246 e. The van der Waals surface area contributed by atoms with Crippen molar-refractivity contribution in [3.8, 4) is 0 Å². The Kier molecular flexibility index (Phi) is 3.48. The molecule has 3 nitrogen and oxygen atoms in total. The summed E-state index contributed by atoms with van der Waals surface area (Å²) < 4.78 is 0. The van der Waals surface area contributed by atoms with E-state index in [1.54, 1.807) is 0 Å². The Morgan fingerprint density at radius 3 is 2.17 bits per heavy atom. The molecular formula is C20H30N2O. The zero-order chi connectivity index (χ0) is 16.2. The maximum absolute atomic E-state index is 12.9. The summed E-state index contributed by atoms with van der Waals surface area (Å²) in [5.74, 6) is 2.61. The summed E-state index contributed by atoms with van der Waals surface area (Å²) in [6.45, 7) is 6.72. The molecule has 23 heavy (non-hydrogen) atoms. The van der Waals surface area contributed by atoms with Crippen molar-refractivity contribution < 1.29 is 4.79 Å². The van der Waals surface area contributed by atoms with Gasteiger partial charge in [-0.05, 0) is 87.5 Å². The monoisotopic (exact) mass is 314 g/mol. The van der Waals surface area contributed by atoms with Crippen molar-refractivity contribution in [3.05, 3.63) is 11.6 Å². The van der Waals surface area contributed by atoms with E-state index in [4.69, 9.17) is 0 Å². The summed E-state index contributed by atoms with van der Waals surface area (Å²) in [5.41, 5.74) is 5.53. The lowest BCUT2D eigenvalue weighted by molar-refractivity contribution is -0.146. The molecule has 0 aliphatic heterocycles. The van der Waals surface area contributed by atoms with Gasteiger partial charge in [0.25, 0.3) is 0 Å². The SMILES string of the molecule is CC1=CC(=NNC(=O)C23CC4CC(CC(C4)C2)C3)CC(C)(C)C1. The topological polar surface area (TPSA) is 41.5 Å². The fourth-order valence-electron chi connectivity index (χ4n) is 6.40. The molecule has 1 amide bonds. The molecule has 5 aliphatic rings. The number of nitrogens with one attached hydrogen (secondary N) is 1. The molecule has 5 aliphatic carbocycles. The second kappa shape index (κ2) is 5.19. The van der Waals surface area contributed by atoms with Crippen molar-refractivity contribution in [1.82, 2.24) is 5.43 Å². The highest BCUT2D eigenvalue weighted by Crippen LogP contribution is 2.60. The first-order valence-corrected chi connectivity index (χ1v) is 9.38. The Morgan fingerprint density at radius 2 is 1.65 bits per heavy atom. The summed E-state index contributed by atoms with van der Waals surface area (Å²) in [5, 5.41) is 4.53. The number of hydrogen-bond donors (Lipinski definition) is 1. The molecule has 4 fully saturated rings. The molecule has 0 atom stereocenters. The van der Waals surface area contributed by atoms with Crippen LogP contribution in [0.15, 0.2) is 16.8 Å². The fourth-order valence-corrected chi connectivity index (χ4v) is 6.40. The Bertz CT molecular complexity index is 549. The number of nitrogens with zero attached hydrogens (tertiary/aromatic N) is 1. The normalized spacial score (nSPS) is 42.7. The fraction of sp³-hybridized carbons (Fsp3) is 0.800. The molecule has 1 N–H and O–H groups in total. The highest BCUT2D eigenvalue weighted by Gasteiger charge is 2.54. The zero-order valence-electron chi connectivity index (χ0n) is 14.8. The first-order chi connectivity index (χ1) is 10.8. The zero-order valence-corrected chi connectivity index (χ0v) is 14.8. The summed E-state index contributed by atoms with van der Waals surface area (Å²) >= 11 is 0. The molecule has 0 aromatic carbocycles. The van der Waals surface area contributed by atoms with Crippen molar-refractivity contribution in [2.45, 2.75) is 72.1 Å². The summed E-state index contributed by atoms with van der Waals surface area (Å²) in [4.78, 5) is 12.9. The van der Waals surface area contributed by atoms with E-state index in [-0.39, 0.29) is 16.7 Å². The second-order valence-corrected chi connectivity index (χ2v) is 9.75. The average molecular weight is 314 g/mol. The molecule has 0 spiro atoms. The summed E-state index contributed by atoms with van der Waals surface area (Å²) in [7, 11) is 0. The predicted molar refractivity (Wildman–Crippen MR) is 93.0 cm³/mol. The van der Waals surface area contributed by atoms with Crippen molar-refractivity contribution in [3.63, 3.8) is 0 Å². The average Bonchev–Trinajstić information content (AvgIpc) is 2.41. The van der Waals surface area contributed by atoms with Crippen molar-refractivity contribution >= 4 is 11.6 Å². The minimum Gasteiger partial charge on any atom is -0.273 e. The van der Waals surface area contributed by atoms with Gasteiger partial charge in [0.15, 0.2) is 0 Å². The van der Waals surface area contributed by atoms with Gasteiger partial charge in [-0.1, -0.05) is 19.4 Å². The molecule has 4 bridgehead atoms. The molecular weight excluding hydrogens is 284 g/mol. The van der Waals surface area contributed by atoms with Crippen LogP contribution in [-0.4, -0.2) is 11.6 Å². The predicted octanol–water partition coefficient (Wildman–Crippen LogP) is 4.44. The van der Waals surface area contributed by atoms with Crippen LogP contribution in [0.1, 0.15) is 72.1 Å². The highest BCUT2D eigenvalue weighted by atomic mass is 16.2. The van der Waals surface area contributed by atoms with Crippen LogP contribution in [0.2, 0.25) is 0 Å². The number of hydrazone groups is 1. The van der Waals surface area contributed by atoms with Crippen LogP contribution < -0.4 is 5.43 Å². The number of rotatable bonds is 2. The lowest BCUT2D eigenvalue weighted by atomic mass is 9.49. The Morgan fingerprint density at radius 1 is 1.09 bits per heavy atom. The van der Waals surface area contributed by atoms with Crippen LogP contribution in [0.5, 0.6) is 0 Å². The molecule has 0 saturated heterocycles. The lowest BCUT2D eigenvalue weighted by Crippen LogP contribution is -2.52. The van der Waals surface area contributed by atoms with Crippen LogP contribution in [0.25, 0.3) is 0 Å². The molecule has 0 radical (unpaired) electrons. The van der Waals surface area contributed by atoms with E-state index >= 15 is 0 Å². The molecule has 126 valence electrons. The first kappa shape index (κ1) is 15.4. The number of allylic oxidation sites excluding steroid dienone is 2. The smallest absolute Gasteiger partial charge is 0.246 e. The summed E-state index contributed by atoms with van der Waals surface area (Å²) in [6, 6.07) is 0. The third-order valence-electron chi connectivity index (χ3n) is 6.65. The van der Waals surface area contributed by atoms with Crippen LogP contribution >= 0.6 is 0 Å². The molecule has 0 aromatic rings. The number of carbonyl (C=O) groups is 1. The number of carbonyl (C=O) groups excluding carboxylic acids is 1. The van der Waals surface area contributed by atoms with Crippen molar-refractivity contribution in [2.75, 3.05) is 0 Å². The van der Waals surface area contributed by atoms with Gasteiger partial charge < -0.3 is 0 Å². The van der Waals surface area contributed by atoms with E-state index in [9.17, 15) is 4.79 Å². The molecule has 5 rings (SSSR count). The van der Waals surface area contributed by atoms with Gasteiger partial charge in [-0.2, -0.15) is 5.10 Å². The number of amides is 1. The molecule has 0 unspecified atom stereocenters. The van der Waals surface area contributed by atoms with Crippen LogP contribution in [0, 0.1) is 28.6 Å². The molecule has 3 heteroatoms. The minimum atomic E-state index is -0.0955. The second-order valence-electron chi connectivity index (χ2n) is 9.75. The lowest BCUT2D eigenvalue weighted by Gasteiger charge is -2.55. The van der Waals surface area contributed by atoms with Crippen molar-refractivity contribution in [2.24, 2.45) is 33.7 Å². The van der Waals surface area contributed by atoms with Gasteiger partial charge in [-0.3, -0.25) is 4.79 Å². The molecule has 4 saturated carbocycles. The van der Waals surface area contributed by atoms with Gasteiger partial charge in [-0.25, -0.2) is 5.43 Å². The Hall–Kier alpha value is -1.12. The van der Waals surface area contributed by atoms with E-state index in [0.29, 0.717) is 0 Å². The van der Waals surface area contributed by atoms with Gasteiger partial charge in [0.05, 0.1) is 11.1 Å². The minimum absolute atomic E-state index is 0.0955. The van der Waals surface area contributed by atoms with Crippen LogP contribution in [0.4, 0.5) is 0 Å². The maximum atomic E-state index is 12.9. The molecule has 0 heterocycles. The molecule has 0 aromatic heterocycles. The van der Waals surface area contributed by atoms with Gasteiger partial charge in [0.1, 0.15) is 0 Å². The number of hydrogen-bond acceptors (Lipinski definition) is 2. The third kappa shape index (κ3) is 2.88. The Labute approximate surface area is 140 Å².